The fourth-order valence-corrected chi connectivity index (χ4v) is 5.94. The fraction of sp³-hybridized carbons (Fsp3) is 1.00. The molecule has 19 heteroatoms. The van der Waals surface area contributed by atoms with Gasteiger partial charge in [-0.25, -0.2) is 0 Å². The van der Waals surface area contributed by atoms with Gasteiger partial charge < -0.3 is 98.6 Å². The molecule has 252 valence electrons. The highest BCUT2D eigenvalue weighted by Gasteiger charge is 2.54. The number of nitrogens with two attached hydrogens (primary N) is 6. The molecular formula is C24H48N6O13. The Morgan fingerprint density at radius 2 is 1.19 bits per heavy atom. The van der Waals surface area contributed by atoms with Crippen LogP contribution >= 0.6 is 0 Å². The summed E-state index contributed by atoms with van der Waals surface area (Å²) in [6, 6.07) is -4.92. The van der Waals surface area contributed by atoms with E-state index in [4.69, 9.17) is 62.8 Å². The topological polar surface area (TPSA) is 353 Å². The van der Waals surface area contributed by atoms with E-state index >= 15 is 0 Å². The number of aliphatic hydroxyl groups excluding tert-OH is 7. The Morgan fingerprint density at radius 1 is 0.651 bits per heavy atom. The average Bonchev–Trinajstić information content (AvgIpc) is 3.26. The van der Waals surface area contributed by atoms with Crippen molar-refractivity contribution in [3.63, 3.8) is 0 Å². The summed E-state index contributed by atoms with van der Waals surface area (Å²) >= 11 is 0. The molecule has 19 N–H and O–H groups in total. The van der Waals surface area contributed by atoms with E-state index in [-0.39, 0.29) is 13.0 Å². The van der Waals surface area contributed by atoms with Crippen molar-refractivity contribution in [3.05, 3.63) is 0 Å². The Kier molecular flexibility index (Phi) is 11.7. The van der Waals surface area contributed by atoms with E-state index in [9.17, 15) is 35.7 Å². The third kappa shape index (κ3) is 7.00. The smallest absolute Gasteiger partial charge is 0.187 e. The predicted molar refractivity (Wildman–Crippen MR) is 143 cm³/mol. The van der Waals surface area contributed by atoms with Gasteiger partial charge in [0.25, 0.3) is 0 Å². The fourth-order valence-electron chi connectivity index (χ4n) is 5.94. The van der Waals surface area contributed by atoms with Crippen LogP contribution < -0.4 is 34.4 Å². The average molecular weight is 629 g/mol. The molecular weight excluding hydrogens is 580 g/mol. The molecule has 4 aliphatic rings. The lowest BCUT2D eigenvalue weighted by molar-refractivity contribution is -0.309. The van der Waals surface area contributed by atoms with Crippen molar-refractivity contribution in [2.24, 2.45) is 34.4 Å². The summed E-state index contributed by atoms with van der Waals surface area (Å²) in [5, 5.41) is 73.4. The lowest BCUT2D eigenvalue weighted by Crippen LogP contribution is -2.69. The van der Waals surface area contributed by atoms with E-state index < -0.39 is 129 Å². The van der Waals surface area contributed by atoms with Crippen molar-refractivity contribution in [1.29, 1.82) is 0 Å². The van der Waals surface area contributed by atoms with E-state index in [1.807, 2.05) is 0 Å². The minimum absolute atomic E-state index is 0.0853. The molecule has 3 saturated heterocycles. The molecule has 3 aliphatic heterocycles. The summed E-state index contributed by atoms with van der Waals surface area (Å²) in [6.45, 7) is 0.750. The molecule has 43 heavy (non-hydrogen) atoms. The lowest BCUT2D eigenvalue weighted by Gasteiger charge is -2.47. The molecule has 20 atom stereocenters. The second-order valence-electron chi connectivity index (χ2n) is 11.8. The number of rotatable bonds is 9. The Balaban J connectivity index is 1.50. The highest BCUT2D eigenvalue weighted by atomic mass is 16.8. The zero-order chi connectivity index (χ0) is 31.9. The van der Waals surface area contributed by atoms with Gasteiger partial charge in [-0.2, -0.15) is 0 Å². The molecule has 3 heterocycles. The Hall–Kier alpha value is -0.760. The number of hydrogen-bond acceptors (Lipinski definition) is 19. The molecule has 0 spiro atoms. The van der Waals surface area contributed by atoms with Crippen molar-refractivity contribution in [2.75, 3.05) is 13.2 Å². The van der Waals surface area contributed by atoms with Gasteiger partial charge in [-0.05, 0) is 13.3 Å². The minimum Gasteiger partial charge on any atom is -0.394 e. The van der Waals surface area contributed by atoms with Crippen molar-refractivity contribution < 1.29 is 64.2 Å². The number of ether oxygens (including phenoxy) is 6. The van der Waals surface area contributed by atoms with Crippen LogP contribution in [-0.2, 0) is 28.4 Å². The normalized spacial score (nSPS) is 53.6. The molecule has 0 amide bonds. The van der Waals surface area contributed by atoms with Crippen LogP contribution in [0, 0.1) is 0 Å². The summed E-state index contributed by atoms with van der Waals surface area (Å²) in [6.07, 6.45) is -19.9. The zero-order valence-corrected chi connectivity index (χ0v) is 23.7. The standard InChI is InChI=1S/C24H48N6O13/c1-5(26)18-16(36)15(35)11(30)23(40-18)41-19-7(28)2-6(27)12(32)21(19)43-24-17(37)20(9(4-31)39-24)42-22-10(29)14(34)13(33)8(3-25)38-22/h5-24,31-37H,2-4,25-30H2,1H3/t5?,6-,7?,8?,9-,10?,11?,12?,13-,14+,15-,16+,17?,18?,19-,20+,21-,22-,23-,24+/m1/s1. The first-order valence-electron chi connectivity index (χ1n) is 14.3. The quantitative estimate of drug-likeness (QED) is 0.113. The van der Waals surface area contributed by atoms with Crippen molar-refractivity contribution >= 4 is 0 Å². The minimum atomic E-state index is -1.61. The molecule has 19 nitrogen and oxygen atoms in total. The third-order valence-electron chi connectivity index (χ3n) is 8.60. The first-order chi connectivity index (χ1) is 20.2. The van der Waals surface area contributed by atoms with Crippen LogP contribution in [-0.4, -0.2) is 171 Å². The lowest BCUT2D eigenvalue weighted by atomic mass is 9.84. The van der Waals surface area contributed by atoms with Gasteiger partial charge in [0.05, 0.1) is 24.8 Å². The maximum atomic E-state index is 11.1. The second kappa shape index (κ2) is 14.3. The van der Waals surface area contributed by atoms with Crippen molar-refractivity contribution in [2.45, 2.75) is 136 Å². The summed E-state index contributed by atoms with van der Waals surface area (Å²) < 4.78 is 34.9. The summed E-state index contributed by atoms with van der Waals surface area (Å²) in [5.74, 6) is 0. The molecule has 0 aromatic carbocycles. The van der Waals surface area contributed by atoms with Gasteiger partial charge in [-0.1, -0.05) is 0 Å². The summed E-state index contributed by atoms with van der Waals surface area (Å²) in [7, 11) is 0. The summed E-state index contributed by atoms with van der Waals surface area (Å²) in [5.41, 5.74) is 36.0. The van der Waals surface area contributed by atoms with Gasteiger partial charge in [-0.3, -0.25) is 0 Å². The molecule has 0 aromatic rings. The van der Waals surface area contributed by atoms with Gasteiger partial charge in [0.1, 0.15) is 67.1 Å². The van der Waals surface area contributed by atoms with Crippen LogP contribution in [0.1, 0.15) is 13.3 Å². The Morgan fingerprint density at radius 3 is 1.77 bits per heavy atom. The molecule has 1 aliphatic carbocycles. The highest BCUT2D eigenvalue weighted by molar-refractivity contribution is 5.02. The SMILES string of the molecule is CC(N)C1O[C@H](O[C@@H]2C(N)C[C@@H](N)C(O)[C@H]2O[C@@H]2O[C@H](CO)[C@H](O[C@H]3OC(CN)[C@@H](O)[C@@H](O)C3N)C2O)C(N)[C@@H](O)[C@@H]1O. The largest absolute Gasteiger partial charge is 0.394 e. The van der Waals surface area contributed by atoms with Crippen LogP contribution in [0.4, 0.5) is 0 Å². The maximum Gasteiger partial charge on any atom is 0.187 e. The van der Waals surface area contributed by atoms with E-state index in [1.165, 1.54) is 0 Å². The monoisotopic (exact) mass is 628 g/mol. The van der Waals surface area contributed by atoms with Crippen LogP contribution in [0.5, 0.6) is 0 Å². The Labute approximate surface area is 247 Å². The van der Waals surface area contributed by atoms with Crippen LogP contribution in [0.2, 0.25) is 0 Å². The number of aliphatic hydroxyl groups is 7. The number of hydrogen-bond donors (Lipinski definition) is 13. The van der Waals surface area contributed by atoms with Gasteiger partial charge in [0.15, 0.2) is 18.9 Å². The second-order valence-corrected chi connectivity index (χ2v) is 11.8. The van der Waals surface area contributed by atoms with E-state index in [2.05, 4.69) is 0 Å². The van der Waals surface area contributed by atoms with Gasteiger partial charge in [-0.15, -0.1) is 0 Å². The van der Waals surface area contributed by atoms with Gasteiger partial charge >= 0.3 is 0 Å². The molecule has 0 bridgehead atoms. The highest BCUT2D eigenvalue weighted by Crippen LogP contribution is 2.34. The maximum absolute atomic E-state index is 11.1. The predicted octanol–water partition coefficient (Wildman–Crippen LogP) is -8.51. The molecule has 0 aromatic heterocycles. The third-order valence-corrected chi connectivity index (χ3v) is 8.60. The first kappa shape index (κ1) is 35.1. The Bertz CT molecular complexity index is 899. The first-order valence-corrected chi connectivity index (χ1v) is 14.3. The molecule has 8 unspecified atom stereocenters. The zero-order valence-electron chi connectivity index (χ0n) is 23.7. The van der Waals surface area contributed by atoms with E-state index in [0.717, 1.165) is 0 Å². The molecule has 4 rings (SSSR count). The summed E-state index contributed by atoms with van der Waals surface area (Å²) in [4.78, 5) is 0. The van der Waals surface area contributed by atoms with Crippen LogP contribution in [0.3, 0.4) is 0 Å². The van der Waals surface area contributed by atoms with Crippen molar-refractivity contribution in [1.82, 2.24) is 0 Å². The van der Waals surface area contributed by atoms with E-state index in [1.54, 1.807) is 6.92 Å². The van der Waals surface area contributed by atoms with Crippen LogP contribution in [0.25, 0.3) is 0 Å². The molecule has 0 radical (unpaired) electrons. The molecule has 1 saturated carbocycles. The van der Waals surface area contributed by atoms with Crippen molar-refractivity contribution in [3.8, 4) is 0 Å². The van der Waals surface area contributed by atoms with Crippen LogP contribution in [0.15, 0.2) is 0 Å². The molecule has 4 fully saturated rings. The van der Waals surface area contributed by atoms with Gasteiger partial charge in [0.2, 0.25) is 0 Å². The van der Waals surface area contributed by atoms with Gasteiger partial charge in [0, 0.05) is 24.7 Å². The van der Waals surface area contributed by atoms with E-state index in [0.29, 0.717) is 0 Å².